The van der Waals surface area contributed by atoms with E-state index in [0.29, 0.717) is 0 Å². The summed E-state index contributed by atoms with van der Waals surface area (Å²) in [5, 5.41) is 25.8. The Balaban J connectivity index is 5.43. The lowest BCUT2D eigenvalue weighted by Crippen LogP contribution is -2.49. The van der Waals surface area contributed by atoms with Crippen molar-refractivity contribution in [2.75, 3.05) is 6.61 Å². The fourth-order valence-electron chi connectivity index (χ4n) is 0.971. The summed E-state index contributed by atoms with van der Waals surface area (Å²) in [6.07, 6.45) is -1.38. The molecule has 0 aromatic carbocycles. The largest absolute Gasteiger partial charge is 0.481 e. The van der Waals surface area contributed by atoms with Gasteiger partial charge in [0.2, 0.25) is 0 Å². The number of aliphatic carboxylic acids is 3. The quantitative estimate of drug-likeness (QED) is 0.400. The first-order valence-corrected chi connectivity index (χ1v) is 4.14. The van der Waals surface area contributed by atoms with Gasteiger partial charge in [0, 0.05) is 0 Å². The van der Waals surface area contributed by atoms with E-state index in [1.165, 1.54) is 6.92 Å². The molecule has 0 bridgehead atoms. The van der Waals surface area contributed by atoms with Gasteiger partial charge in [-0.1, -0.05) is 0 Å². The second-order valence-corrected chi connectivity index (χ2v) is 2.81. The Morgan fingerprint density at radius 3 is 1.75 bits per heavy atom. The first kappa shape index (κ1) is 13.9. The average molecular weight is 234 g/mol. The second-order valence-electron chi connectivity index (χ2n) is 2.81. The first-order chi connectivity index (χ1) is 7.28. The topological polar surface area (TPSA) is 138 Å². The number of carbonyl (C=O) groups excluding carboxylic acids is 1. The van der Waals surface area contributed by atoms with Crippen LogP contribution in [0.3, 0.4) is 0 Å². The molecule has 3 N–H and O–H groups in total. The Bertz CT molecular complexity index is 317. The van der Waals surface area contributed by atoms with Crippen molar-refractivity contribution in [3.63, 3.8) is 0 Å². The van der Waals surface area contributed by atoms with Gasteiger partial charge in [-0.3, -0.25) is 19.2 Å². The van der Waals surface area contributed by atoms with Crippen molar-refractivity contribution >= 4 is 23.9 Å². The molecule has 0 saturated carbocycles. The summed E-state index contributed by atoms with van der Waals surface area (Å²) in [5.41, 5.74) is -3.10. The van der Waals surface area contributed by atoms with Crippen LogP contribution in [0, 0.1) is 5.41 Å². The van der Waals surface area contributed by atoms with E-state index in [1.54, 1.807) is 0 Å². The Labute approximate surface area is 89.4 Å². The lowest BCUT2D eigenvalue weighted by molar-refractivity contribution is -0.182. The lowest BCUT2D eigenvalue weighted by atomic mass is 9.84. The Hall–Kier alpha value is -2.12. The van der Waals surface area contributed by atoms with E-state index < -0.39 is 35.7 Å². The summed E-state index contributed by atoms with van der Waals surface area (Å²) >= 11 is 0. The van der Waals surface area contributed by atoms with Gasteiger partial charge in [0.15, 0.2) is 0 Å². The van der Waals surface area contributed by atoms with Crippen molar-refractivity contribution in [3.05, 3.63) is 0 Å². The highest BCUT2D eigenvalue weighted by atomic mass is 16.5. The van der Waals surface area contributed by atoms with Crippen LogP contribution in [0.15, 0.2) is 0 Å². The van der Waals surface area contributed by atoms with E-state index in [1.807, 2.05) is 0 Å². The zero-order valence-corrected chi connectivity index (χ0v) is 8.30. The molecule has 0 aromatic heterocycles. The van der Waals surface area contributed by atoms with Crippen LogP contribution in [0.5, 0.6) is 0 Å². The molecule has 8 nitrogen and oxygen atoms in total. The molecule has 16 heavy (non-hydrogen) atoms. The standard InChI is InChI=1S/C8H10O8/c1-2-16-7(15)8(5(11)12,6(13)14)3-4(9)10/h2-3H2,1H3,(H,9,10)(H,11,12)(H,13,14). The summed E-state index contributed by atoms with van der Waals surface area (Å²) in [4.78, 5) is 43.2. The summed E-state index contributed by atoms with van der Waals surface area (Å²) in [6.45, 7) is 1.09. The molecule has 90 valence electrons. The van der Waals surface area contributed by atoms with E-state index in [2.05, 4.69) is 4.74 Å². The van der Waals surface area contributed by atoms with Gasteiger partial charge in [0.05, 0.1) is 13.0 Å². The molecular formula is C8H10O8. The van der Waals surface area contributed by atoms with Gasteiger partial charge in [0.1, 0.15) is 0 Å². The van der Waals surface area contributed by atoms with E-state index >= 15 is 0 Å². The van der Waals surface area contributed by atoms with Gasteiger partial charge >= 0.3 is 23.9 Å². The molecule has 8 heteroatoms. The molecule has 0 rings (SSSR count). The second kappa shape index (κ2) is 5.10. The third kappa shape index (κ3) is 2.47. The van der Waals surface area contributed by atoms with E-state index in [-0.39, 0.29) is 6.61 Å². The smallest absolute Gasteiger partial charge is 0.335 e. The van der Waals surface area contributed by atoms with Crippen LogP contribution in [0.4, 0.5) is 0 Å². The van der Waals surface area contributed by atoms with Crippen LogP contribution in [0.25, 0.3) is 0 Å². The zero-order valence-electron chi connectivity index (χ0n) is 8.30. The third-order valence-corrected chi connectivity index (χ3v) is 1.77. The van der Waals surface area contributed by atoms with Crippen LogP contribution in [0.1, 0.15) is 13.3 Å². The number of rotatable bonds is 6. The number of hydrogen-bond acceptors (Lipinski definition) is 5. The maximum Gasteiger partial charge on any atom is 0.335 e. The minimum absolute atomic E-state index is 0.249. The molecule has 0 saturated heterocycles. The summed E-state index contributed by atoms with van der Waals surface area (Å²) in [6, 6.07) is 0. The van der Waals surface area contributed by atoms with Gasteiger partial charge in [0.25, 0.3) is 5.41 Å². The molecule has 0 radical (unpaired) electrons. The maximum atomic E-state index is 11.2. The zero-order chi connectivity index (χ0) is 12.9. The molecule has 0 unspecified atom stereocenters. The molecule has 0 atom stereocenters. The van der Waals surface area contributed by atoms with Crippen LogP contribution in [-0.4, -0.2) is 45.8 Å². The molecule has 0 amide bonds. The van der Waals surface area contributed by atoms with Crippen LogP contribution in [-0.2, 0) is 23.9 Å². The molecule has 0 aliphatic rings. The van der Waals surface area contributed by atoms with Gasteiger partial charge in [-0.05, 0) is 6.92 Å². The monoisotopic (exact) mass is 234 g/mol. The van der Waals surface area contributed by atoms with Gasteiger partial charge in [-0.15, -0.1) is 0 Å². The number of carboxylic acid groups (broad SMARTS) is 3. The van der Waals surface area contributed by atoms with Crippen LogP contribution < -0.4 is 0 Å². The van der Waals surface area contributed by atoms with Gasteiger partial charge < -0.3 is 20.1 Å². The SMILES string of the molecule is CCOC(=O)C(CC(=O)O)(C(=O)O)C(=O)O. The molecule has 0 spiro atoms. The Morgan fingerprint density at radius 2 is 1.50 bits per heavy atom. The van der Waals surface area contributed by atoms with Crippen molar-refractivity contribution in [1.82, 2.24) is 0 Å². The van der Waals surface area contributed by atoms with E-state index in [4.69, 9.17) is 15.3 Å². The number of esters is 1. The summed E-state index contributed by atoms with van der Waals surface area (Å²) < 4.78 is 4.27. The molecule has 0 fully saturated rings. The highest BCUT2D eigenvalue weighted by molar-refractivity contribution is 6.18. The van der Waals surface area contributed by atoms with Crippen molar-refractivity contribution in [1.29, 1.82) is 0 Å². The predicted molar refractivity (Wildman–Crippen MR) is 46.6 cm³/mol. The number of ether oxygens (including phenoxy) is 1. The number of carbonyl (C=O) groups is 4. The molecular weight excluding hydrogens is 224 g/mol. The Morgan fingerprint density at radius 1 is 1.06 bits per heavy atom. The van der Waals surface area contributed by atoms with Crippen molar-refractivity contribution < 1.29 is 39.2 Å². The first-order valence-electron chi connectivity index (χ1n) is 4.14. The normalized spacial score (nSPS) is 10.6. The van der Waals surface area contributed by atoms with Crippen LogP contribution in [0.2, 0.25) is 0 Å². The number of hydrogen-bond donors (Lipinski definition) is 3. The maximum absolute atomic E-state index is 11.2. The summed E-state index contributed by atoms with van der Waals surface area (Å²) in [5.74, 6) is -7.46. The number of carboxylic acids is 3. The molecule has 0 aromatic rings. The van der Waals surface area contributed by atoms with Gasteiger partial charge in [-0.25, -0.2) is 0 Å². The van der Waals surface area contributed by atoms with Crippen molar-refractivity contribution in [2.24, 2.45) is 5.41 Å². The minimum Gasteiger partial charge on any atom is -0.481 e. The summed E-state index contributed by atoms with van der Waals surface area (Å²) in [7, 11) is 0. The fourth-order valence-corrected chi connectivity index (χ4v) is 0.971. The fraction of sp³-hybridized carbons (Fsp3) is 0.500. The highest BCUT2D eigenvalue weighted by Gasteiger charge is 2.57. The molecule has 0 aliphatic heterocycles. The molecule has 0 heterocycles. The predicted octanol–water partition coefficient (Wildman–Crippen LogP) is -0.820. The minimum atomic E-state index is -3.10. The van der Waals surface area contributed by atoms with E-state index in [9.17, 15) is 19.2 Å². The van der Waals surface area contributed by atoms with E-state index in [0.717, 1.165) is 0 Å². The lowest BCUT2D eigenvalue weighted by Gasteiger charge is -2.20. The Kier molecular flexibility index (Phi) is 4.42. The van der Waals surface area contributed by atoms with Gasteiger partial charge in [-0.2, -0.15) is 0 Å². The average Bonchev–Trinajstić information content (AvgIpc) is 2.12. The van der Waals surface area contributed by atoms with Crippen molar-refractivity contribution in [3.8, 4) is 0 Å². The third-order valence-electron chi connectivity index (χ3n) is 1.77. The van der Waals surface area contributed by atoms with Crippen molar-refractivity contribution in [2.45, 2.75) is 13.3 Å². The highest BCUT2D eigenvalue weighted by Crippen LogP contribution is 2.25. The molecule has 0 aliphatic carbocycles. The van der Waals surface area contributed by atoms with Crippen LogP contribution >= 0.6 is 0 Å².